The predicted molar refractivity (Wildman–Crippen MR) is 52.2 cm³/mol. The zero-order chi connectivity index (χ0) is 11.0. The monoisotopic (exact) mass is 201 g/mol. The average molecular weight is 201 g/mol. The number of carbonyl (C=O) groups is 2. The number of primary amides is 1. The fourth-order valence-corrected chi connectivity index (χ4v) is 0.748. The molecule has 0 rings (SSSR count). The van der Waals surface area contributed by atoms with E-state index in [-0.39, 0.29) is 11.8 Å². The molecule has 5 nitrogen and oxygen atoms in total. The molecule has 0 saturated carbocycles. The molecule has 0 aromatic rings. The minimum absolute atomic E-state index is 0.199. The van der Waals surface area contributed by atoms with Crippen molar-refractivity contribution >= 4 is 11.8 Å². The second-order valence-electron chi connectivity index (χ2n) is 3.03. The molecular weight excluding hydrogens is 184 g/mol. The van der Waals surface area contributed by atoms with Crippen molar-refractivity contribution in [1.29, 1.82) is 0 Å². The maximum atomic E-state index is 11.1. The summed E-state index contributed by atoms with van der Waals surface area (Å²) in [6.45, 7) is 2.63. The largest absolute Gasteiger partial charge is 0.383 e. The van der Waals surface area contributed by atoms with Crippen LogP contribution in [-0.2, 0) is 14.3 Å². The molecule has 0 aliphatic heterocycles. The number of carbonyl (C=O) groups excluding carboxylic acids is 2. The number of amides is 2. The van der Waals surface area contributed by atoms with Gasteiger partial charge in [0.2, 0.25) is 11.8 Å². The SMILES string of the molecule is COCCNC(=O)[CH]C[C@H](C)C(N)=O. The topological polar surface area (TPSA) is 81.4 Å². The van der Waals surface area contributed by atoms with Gasteiger partial charge in [0.25, 0.3) is 0 Å². The van der Waals surface area contributed by atoms with Gasteiger partial charge in [0.05, 0.1) is 13.0 Å². The smallest absolute Gasteiger partial charge is 0.224 e. The van der Waals surface area contributed by atoms with Crippen molar-refractivity contribution in [3.8, 4) is 0 Å². The molecule has 2 amide bonds. The first-order chi connectivity index (χ1) is 6.57. The van der Waals surface area contributed by atoms with Crippen LogP contribution in [0.25, 0.3) is 0 Å². The summed E-state index contributed by atoms with van der Waals surface area (Å²) in [4.78, 5) is 21.7. The van der Waals surface area contributed by atoms with Crippen molar-refractivity contribution in [2.24, 2.45) is 11.7 Å². The highest BCUT2D eigenvalue weighted by Crippen LogP contribution is 2.02. The molecule has 1 radical (unpaired) electrons. The van der Waals surface area contributed by atoms with E-state index in [4.69, 9.17) is 10.5 Å². The van der Waals surface area contributed by atoms with Gasteiger partial charge in [-0.1, -0.05) is 6.92 Å². The van der Waals surface area contributed by atoms with E-state index in [1.807, 2.05) is 0 Å². The van der Waals surface area contributed by atoms with Crippen LogP contribution in [0.4, 0.5) is 0 Å². The van der Waals surface area contributed by atoms with Crippen LogP contribution in [0.3, 0.4) is 0 Å². The summed E-state index contributed by atoms with van der Waals surface area (Å²) in [5.74, 6) is -0.899. The Morgan fingerprint density at radius 3 is 2.71 bits per heavy atom. The summed E-state index contributed by atoms with van der Waals surface area (Å²) in [5.41, 5.74) is 5.03. The van der Waals surface area contributed by atoms with Crippen LogP contribution in [0.2, 0.25) is 0 Å². The molecule has 1 atom stereocenters. The lowest BCUT2D eigenvalue weighted by atomic mass is 10.1. The summed E-state index contributed by atoms with van der Waals surface area (Å²) in [6.07, 6.45) is 1.79. The molecular formula is C9H17N2O3. The summed E-state index contributed by atoms with van der Waals surface area (Å²) in [7, 11) is 1.56. The van der Waals surface area contributed by atoms with Crippen molar-refractivity contribution in [3.63, 3.8) is 0 Å². The average Bonchev–Trinajstić information content (AvgIpc) is 2.14. The Labute approximate surface area is 84.0 Å². The minimum atomic E-state index is -0.397. The molecule has 0 heterocycles. The van der Waals surface area contributed by atoms with Crippen molar-refractivity contribution in [3.05, 3.63) is 6.42 Å². The van der Waals surface area contributed by atoms with Crippen LogP contribution in [0, 0.1) is 12.3 Å². The quantitative estimate of drug-likeness (QED) is 0.543. The molecule has 0 aromatic heterocycles. The number of hydrogen-bond acceptors (Lipinski definition) is 3. The highest BCUT2D eigenvalue weighted by atomic mass is 16.5. The molecule has 0 saturated heterocycles. The van der Waals surface area contributed by atoms with Crippen LogP contribution in [-0.4, -0.2) is 32.1 Å². The Hall–Kier alpha value is -1.10. The van der Waals surface area contributed by atoms with E-state index in [1.54, 1.807) is 14.0 Å². The lowest BCUT2D eigenvalue weighted by Crippen LogP contribution is -2.29. The molecule has 0 unspecified atom stereocenters. The van der Waals surface area contributed by atoms with Crippen LogP contribution >= 0.6 is 0 Å². The zero-order valence-corrected chi connectivity index (χ0v) is 8.58. The zero-order valence-electron chi connectivity index (χ0n) is 8.58. The highest BCUT2D eigenvalue weighted by molar-refractivity contribution is 5.85. The Kier molecular flexibility index (Phi) is 6.74. The Morgan fingerprint density at radius 1 is 1.57 bits per heavy atom. The fourth-order valence-electron chi connectivity index (χ4n) is 0.748. The molecule has 0 spiro atoms. The molecule has 14 heavy (non-hydrogen) atoms. The number of nitrogens with two attached hydrogens (primary N) is 1. The Morgan fingerprint density at radius 2 is 2.21 bits per heavy atom. The van der Waals surface area contributed by atoms with E-state index in [0.29, 0.717) is 19.6 Å². The van der Waals surface area contributed by atoms with Crippen LogP contribution in [0.15, 0.2) is 0 Å². The van der Waals surface area contributed by atoms with Crippen molar-refractivity contribution in [1.82, 2.24) is 5.32 Å². The Balaban J connectivity index is 3.48. The van der Waals surface area contributed by atoms with Crippen molar-refractivity contribution in [2.75, 3.05) is 20.3 Å². The minimum Gasteiger partial charge on any atom is -0.383 e. The van der Waals surface area contributed by atoms with E-state index in [1.165, 1.54) is 6.42 Å². The number of methoxy groups -OCH3 is 1. The van der Waals surface area contributed by atoms with E-state index in [0.717, 1.165) is 0 Å². The number of nitrogens with one attached hydrogen (secondary N) is 1. The van der Waals surface area contributed by atoms with Gasteiger partial charge in [-0.25, -0.2) is 0 Å². The van der Waals surface area contributed by atoms with Crippen LogP contribution in [0.5, 0.6) is 0 Å². The normalized spacial score (nSPS) is 12.1. The van der Waals surface area contributed by atoms with E-state index in [2.05, 4.69) is 5.32 Å². The van der Waals surface area contributed by atoms with Gasteiger partial charge in [0.1, 0.15) is 0 Å². The summed E-state index contributed by atoms with van der Waals surface area (Å²) in [5, 5.41) is 2.61. The molecule has 0 aromatic carbocycles. The molecule has 0 aliphatic rings. The van der Waals surface area contributed by atoms with E-state index >= 15 is 0 Å². The number of hydrogen-bond donors (Lipinski definition) is 2. The third-order valence-electron chi connectivity index (χ3n) is 1.75. The number of ether oxygens (including phenoxy) is 1. The fraction of sp³-hybridized carbons (Fsp3) is 0.667. The molecule has 5 heteroatoms. The summed E-state index contributed by atoms with van der Waals surface area (Å²) < 4.78 is 4.75. The van der Waals surface area contributed by atoms with E-state index in [9.17, 15) is 9.59 Å². The van der Waals surface area contributed by atoms with Gasteiger partial charge in [-0.3, -0.25) is 9.59 Å². The maximum Gasteiger partial charge on any atom is 0.224 e. The second-order valence-corrected chi connectivity index (χ2v) is 3.03. The first-order valence-electron chi connectivity index (χ1n) is 4.47. The summed E-state index contributed by atoms with van der Waals surface area (Å²) >= 11 is 0. The first-order valence-corrected chi connectivity index (χ1v) is 4.47. The third kappa shape index (κ3) is 6.42. The van der Waals surface area contributed by atoms with Crippen LogP contribution < -0.4 is 11.1 Å². The van der Waals surface area contributed by atoms with Crippen molar-refractivity contribution in [2.45, 2.75) is 13.3 Å². The number of rotatable bonds is 7. The maximum absolute atomic E-state index is 11.1. The molecule has 3 N–H and O–H groups in total. The molecule has 0 aliphatic carbocycles. The van der Waals surface area contributed by atoms with Gasteiger partial charge >= 0.3 is 0 Å². The Bertz CT molecular complexity index is 194. The molecule has 0 bridgehead atoms. The van der Waals surface area contributed by atoms with Crippen molar-refractivity contribution < 1.29 is 14.3 Å². The lowest BCUT2D eigenvalue weighted by Gasteiger charge is -2.06. The third-order valence-corrected chi connectivity index (χ3v) is 1.75. The van der Waals surface area contributed by atoms with Gasteiger partial charge in [-0.2, -0.15) is 0 Å². The van der Waals surface area contributed by atoms with E-state index < -0.39 is 5.91 Å². The standard InChI is InChI=1S/C9H17N2O3/c1-7(9(10)13)3-4-8(12)11-5-6-14-2/h4,7H,3,5-6H2,1-2H3,(H2,10,13)(H,11,12)/t7-/m0/s1. The molecule has 0 fully saturated rings. The van der Waals surface area contributed by atoms with Gasteiger partial charge in [-0.15, -0.1) is 0 Å². The summed E-state index contributed by atoms with van der Waals surface area (Å²) in [6, 6.07) is 0. The van der Waals surface area contributed by atoms with Gasteiger partial charge in [0, 0.05) is 19.6 Å². The van der Waals surface area contributed by atoms with Gasteiger partial charge in [-0.05, 0) is 6.42 Å². The lowest BCUT2D eigenvalue weighted by molar-refractivity contribution is -0.121. The predicted octanol–water partition coefficient (Wildman–Crippen LogP) is -0.535. The molecule has 81 valence electrons. The highest BCUT2D eigenvalue weighted by Gasteiger charge is 2.10. The van der Waals surface area contributed by atoms with Gasteiger partial charge in [0.15, 0.2) is 0 Å². The van der Waals surface area contributed by atoms with Gasteiger partial charge < -0.3 is 15.8 Å². The first kappa shape index (κ1) is 12.9. The van der Waals surface area contributed by atoms with Crippen LogP contribution in [0.1, 0.15) is 13.3 Å². The second kappa shape index (κ2) is 7.32.